The summed E-state index contributed by atoms with van der Waals surface area (Å²) in [4.78, 5) is 7.24. The summed E-state index contributed by atoms with van der Waals surface area (Å²) in [5.41, 5.74) is 2.09. The van der Waals surface area contributed by atoms with Crippen molar-refractivity contribution in [1.82, 2.24) is 18.8 Å². The molecule has 0 spiro atoms. The maximum absolute atomic E-state index is 12.8. The molecule has 0 saturated carbocycles. The highest BCUT2D eigenvalue weighted by atomic mass is 35.5. The van der Waals surface area contributed by atoms with E-state index in [0.717, 1.165) is 16.9 Å². The van der Waals surface area contributed by atoms with Gasteiger partial charge < -0.3 is 4.57 Å². The number of aromatic nitrogens is 2. The summed E-state index contributed by atoms with van der Waals surface area (Å²) in [6, 6.07) is 14.4. The van der Waals surface area contributed by atoms with Crippen molar-refractivity contribution in [2.24, 2.45) is 7.05 Å². The van der Waals surface area contributed by atoms with Gasteiger partial charge in [0.2, 0.25) is 10.0 Å². The fourth-order valence-corrected chi connectivity index (χ4v) is 4.97. The van der Waals surface area contributed by atoms with Gasteiger partial charge in [-0.15, -0.1) is 0 Å². The summed E-state index contributed by atoms with van der Waals surface area (Å²) < 4.78 is 29.2. The lowest BCUT2D eigenvalue weighted by atomic mass is 10.3. The summed E-state index contributed by atoms with van der Waals surface area (Å²) in [7, 11) is -1.46. The molecule has 3 aromatic rings. The van der Waals surface area contributed by atoms with Gasteiger partial charge in [-0.1, -0.05) is 23.7 Å². The molecule has 1 aliphatic heterocycles. The molecule has 8 heteroatoms. The third kappa shape index (κ3) is 3.60. The van der Waals surface area contributed by atoms with Crippen LogP contribution in [-0.2, 0) is 23.6 Å². The van der Waals surface area contributed by atoms with Crippen LogP contribution in [0.2, 0.25) is 5.02 Å². The molecule has 0 N–H and O–H groups in total. The van der Waals surface area contributed by atoms with Gasteiger partial charge in [0.25, 0.3) is 0 Å². The van der Waals surface area contributed by atoms with Gasteiger partial charge in [0, 0.05) is 38.2 Å². The molecule has 0 amide bonds. The first-order chi connectivity index (χ1) is 12.9. The van der Waals surface area contributed by atoms with Crippen molar-refractivity contribution in [3.8, 4) is 0 Å². The lowest BCUT2D eigenvalue weighted by Crippen LogP contribution is -2.48. The number of aryl methyl sites for hydroxylation is 1. The van der Waals surface area contributed by atoms with Crippen molar-refractivity contribution < 1.29 is 8.42 Å². The van der Waals surface area contributed by atoms with Crippen LogP contribution in [-0.4, -0.2) is 53.4 Å². The monoisotopic (exact) mass is 404 g/mol. The molecule has 2 heterocycles. The number of imidazole rings is 1. The molecule has 0 atom stereocenters. The van der Waals surface area contributed by atoms with E-state index in [4.69, 9.17) is 16.6 Å². The number of hydrogen-bond acceptors (Lipinski definition) is 4. The van der Waals surface area contributed by atoms with Crippen LogP contribution in [0.3, 0.4) is 0 Å². The molecule has 1 aliphatic rings. The zero-order chi connectivity index (χ0) is 19.0. The molecule has 1 saturated heterocycles. The first-order valence-corrected chi connectivity index (χ1v) is 10.7. The molecule has 0 radical (unpaired) electrons. The molecule has 1 fully saturated rings. The summed E-state index contributed by atoms with van der Waals surface area (Å²) in [6.45, 7) is 3.00. The second-order valence-corrected chi connectivity index (χ2v) is 9.08. The van der Waals surface area contributed by atoms with Crippen LogP contribution in [0.5, 0.6) is 0 Å². The van der Waals surface area contributed by atoms with E-state index in [1.807, 2.05) is 25.2 Å². The van der Waals surface area contributed by atoms with E-state index in [1.54, 1.807) is 28.6 Å². The van der Waals surface area contributed by atoms with E-state index >= 15 is 0 Å². The van der Waals surface area contributed by atoms with Gasteiger partial charge in [-0.05, 0) is 36.4 Å². The molecular formula is C19H21ClN4O2S. The topological polar surface area (TPSA) is 58.4 Å². The van der Waals surface area contributed by atoms with Gasteiger partial charge in [-0.2, -0.15) is 4.31 Å². The number of para-hydroxylation sites is 2. The first-order valence-electron chi connectivity index (χ1n) is 8.83. The zero-order valence-corrected chi connectivity index (χ0v) is 16.6. The Morgan fingerprint density at radius 3 is 2.33 bits per heavy atom. The molecule has 6 nitrogen and oxygen atoms in total. The Balaban J connectivity index is 1.44. The van der Waals surface area contributed by atoms with Gasteiger partial charge in [-0.25, -0.2) is 13.4 Å². The van der Waals surface area contributed by atoms with Crippen LogP contribution in [0.1, 0.15) is 5.82 Å². The fourth-order valence-electron chi connectivity index (χ4n) is 3.42. The van der Waals surface area contributed by atoms with E-state index in [1.165, 1.54) is 0 Å². The Kier molecular flexibility index (Phi) is 4.94. The number of nitrogens with zero attached hydrogens (tertiary/aromatic N) is 4. The summed E-state index contributed by atoms with van der Waals surface area (Å²) >= 11 is 5.86. The molecule has 4 rings (SSSR count). The Labute approximate surface area is 164 Å². The minimum absolute atomic E-state index is 0.288. The average molecular weight is 405 g/mol. The standard InChI is InChI=1S/C19H21ClN4O2S/c1-22-18-5-3-2-4-17(18)21-19(22)14-23-10-12-24(13-11-23)27(25,26)16-8-6-15(20)7-9-16/h2-9H,10-14H2,1H3. The van der Waals surface area contributed by atoms with Crippen LogP contribution in [0.4, 0.5) is 0 Å². The molecule has 0 bridgehead atoms. The smallest absolute Gasteiger partial charge is 0.243 e. The minimum atomic E-state index is -3.48. The third-order valence-corrected chi connectivity index (χ3v) is 7.19. The molecule has 0 aliphatic carbocycles. The Morgan fingerprint density at radius 2 is 1.67 bits per heavy atom. The highest BCUT2D eigenvalue weighted by Crippen LogP contribution is 2.21. The molecule has 142 valence electrons. The molecule has 1 aromatic heterocycles. The van der Waals surface area contributed by atoms with E-state index in [0.29, 0.717) is 37.7 Å². The summed E-state index contributed by atoms with van der Waals surface area (Å²) in [5.74, 6) is 0.991. The van der Waals surface area contributed by atoms with Crippen molar-refractivity contribution in [2.45, 2.75) is 11.4 Å². The number of rotatable bonds is 4. The van der Waals surface area contributed by atoms with Gasteiger partial charge in [0.15, 0.2) is 0 Å². The zero-order valence-electron chi connectivity index (χ0n) is 15.0. The largest absolute Gasteiger partial charge is 0.330 e. The van der Waals surface area contributed by atoms with Crippen LogP contribution in [0, 0.1) is 0 Å². The Morgan fingerprint density at radius 1 is 1.00 bits per heavy atom. The summed E-state index contributed by atoms with van der Waals surface area (Å²) in [6.07, 6.45) is 0. The molecular weight excluding hydrogens is 384 g/mol. The second-order valence-electron chi connectivity index (χ2n) is 6.71. The Bertz CT molecular complexity index is 1060. The lowest BCUT2D eigenvalue weighted by Gasteiger charge is -2.33. The lowest BCUT2D eigenvalue weighted by molar-refractivity contribution is 0.177. The number of halogens is 1. The van der Waals surface area contributed by atoms with Gasteiger partial charge in [0.05, 0.1) is 22.5 Å². The van der Waals surface area contributed by atoms with Crippen molar-refractivity contribution in [2.75, 3.05) is 26.2 Å². The number of hydrogen-bond donors (Lipinski definition) is 0. The van der Waals surface area contributed by atoms with E-state index in [9.17, 15) is 8.42 Å². The van der Waals surface area contributed by atoms with Gasteiger partial charge >= 0.3 is 0 Å². The third-order valence-electron chi connectivity index (χ3n) is 5.03. The second kappa shape index (κ2) is 7.24. The maximum Gasteiger partial charge on any atom is 0.243 e. The quantitative estimate of drug-likeness (QED) is 0.670. The maximum atomic E-state index is 12.8. The van der Waals surface area contributed by atoms with Crippen molar-refractivity contribution in [3.05, 3.63) is 59.4 Å². The van der Waals surface area contributed by atoms with Crippen molar-refractivity contribution in [3.63, 3.8) is 0 Å². The van der Waals surface area contributed by atoms with Crippen LogP contribution < -0.4 is 0 Å². The normalized spacial score (nSPS) is 16.8. The average Bonchev–Trinajstić information content (AvgIpc) is 2.98. The highest BCUT2D eigenvalue weighted by molar-refractivity contribution is 7.89. The number of sulfonamides is 1. The SMILES string of the molecule is Cn1c(CN2CCN(S(=O)(=O)c3ccc(Cl)cc3)CC2)nc2ccccc21. The van der Waals surface area contributed by atoms with Gasteiger partial charge in [-0.3, -0.25) is 4.90 Å². The van der Waals surface area contributed by atoms with E-state index in [2.05, 4.69) is 15.5 Å². The van der Waals surface area contributed by atoms with Crippen LogP contribution in [0.15, 0.2) is 53.4 Å². The Hall–Kier alpha value is -1.93. The fraction of sp³-hybridized carbons (Fsp3) is 0.316. The minimum Gasteiger partial charge on any atom is -0.330 e. The van der Waals surface area contributed by atoms with E-state index < -0.39 is 10.0 Å². The number of benzene rings is 2. The predicted octanol–water partition coefficient (Wildman–Crippen LogP) is 2.73. The first kappa shape index (κ1) is 18.4. The van der Waals surface area contributed by atoms with Crippen molar-refractivity contribution >= 4 is 32.7 Å². The molecule has 0 unspecified atom stereocenters. The van der Waals surface area contributed by atoms with Crippen LogP contribution >= 0.6 is 11.6 Å². The highest BCUT2D eigenvalue weighted by Gasteiger charge is 2.28. The van der Waals surface area contributed by atoms with Gasteiger partial charge in [0.1, 0.15) is 5.82 Å². The summed E-state index contributed by atoms with van der Waals surface area (Å²) in [5, 5.41) is 0.529. The van der Waals surface area contributed by atoms with E-state index in [-0.39, 0.29) is 4.90 Å². The predicted molar refractivity (Wildman–Crippen MR) is 106 cm³/mol. The molecule has 2 aromatic carbocycles. The molecule has 27 heavy (non-hydrogen) atoms. The van der Waals surface area contributed by atoms with Crippen molar-refractivity contribution in [1.29, 1.82) is 0 Å². The number of piperazine rings is 1. The number of fused-ring (bicyclic) bond motifs is 1. The van der Waals surface area contributed by atoms with Crippen LogP contribution in [0.25, 0.3) is 11.0 Å².